The van der Waals surface area contributed by atoms with Crippen LogP contribution in [0.25, 0.3) is 11.1 Å². The van der Waals surface area contributed by atoms with E-state index in [4.69, 9.17) is 9.47 Å². The van der Waals surface area contributed by atoms with Crippen LogP contribution in [-0.4, -0.2) is 31.8 Å². The van der Waals surface area contributed by atoms with Crippen LogP contribution < -0.4 is 14.5 Å². The summed E-state index contributed by atoms with van der Waals surface area (Å²) in [7, 11) is 1.68. The molecule has 0 atom stereocenters. The summed E-state index contributed by atoms with van der Waals surface area (Å²) in [6, 6.07) is 35.1. The first-order chi connectivity index (χ1) is 20.3. The first-order valence-corrected chi connectivity index (χ1v) is 14.6. The second-order valence-corrected chi connectivity index (χ2v) is 10.9. The lowest BCUT2D eigenvalue weighted by Gasteiger charge is -2.33. The predicted octanol–water partition coefficient (Wildman–Crippen LogP) is 9.12. The van der Waals surface area contributed by atoms with E-state index < -0.39 is 0 Å². The van der Waals surface area contributed by atoms with E-state index in [0.29, 0.717) is 18.7 Å². The van der Waals surface area contributed by atoms with Crippen LogP contribution in [0.5, 0.6) is 5.75 Å². The summed E-state index contributed by atoms with van der Waals surface area (Å²) in [5, 5.41) is 0. The highest BCUT2D eigenvalue weighted by atomic mass is 16.5. The highest BCUT2D eigenvalue weighted by Gasteiger charge is 2.15. The van der Waals surface area contributed by atoms with Crippen LogP contribution in [0.3, 0.4) is 0 Å². The minimum Gasteiger partial charge on any atom is -0.497 e. The van der Waals surface area contributed by atoms with Crippen molar-refractivity contribution >= 4 is 28.7 Å². The Bertz CT molecular complexity index is 1420. The van der Waals surface area contributed by atoms with Gasteiger partial charge in [0.15, 0.2) is 0 Å². The number of hydrogen-bond donors (Lipinski definition) is 0. The molecular formula is C37H42N2O3. The third kappa shape index (κ3) is 7.61. The van der Waals surface area contributed by atoms with Gasteiger partial charge in [-0.15, -0.1) is 0 Å². The minimum atomic E-state index is -0.382. The van der Waals surface area contributed by atoms with Crippen molar-refractivity contribution < 1.29 is 14.3 Å². The van der Waals surface area contributed by atoms with Crippen molar-refractivity contribution in [1.82, 2.24) is 0 Å². The van der Waals surface area contributed by atoms with Gasteiger partial charge in [0.25, 0.3) is 0 Å². The van der Waals surface area contributed by atoms with E-state index in [1.807, 2.05) is 12.1 Å². The Hall–Kier alpha value is -4.51. The van der Waals surface area contributed by atoms with Gasteiger partial charge in [-0.2, -0.15) is 0 Å². The number of benzene rings is 4. The van der Waals surface area contributed by atoms with Crippen LogP contribution in [0.4, 0.5) is 22.7 Å². The predicted molar refractivity (Wildman–Crippen MR) is 175 cm³/mol. The Morgan fingerprint density at radius 3 is 1.62 bits per heavy atom. The van der Waals surface area contributed by atoms with E-state index in [0.717, 1.165) is 35.7 Å². The van der Waals surface area contributed by atoms with Crippen molar-refractivity contribution in [2.75, 3.05) is 23.5 Å². The molecule has 4 aromatic carbocycles. The molecule has 4 rings (SSSR count). The van der Waals surface area contributed by atoms with E-state index in [2.05, 4.69) is 129 Å². The van der Waals surface area contributed by atoms with Crippen molar-refractivity contribution in [3.8, 4) is 16.9 Å². The zero-order chi connectivity index (χ0) is 30.1. The van der Waals surface area contributed by atoms with Gasteiger partial charge in [-0.05, 0) is 118 Å². The highest BCUT2D eigenvalue weighted by molar-refractivity contribution is 5.81. The number of nitrogens with zero attached hydrogens (tertiary/aromatic N) is 2. The fourth-order valence-corrected chi connectivity index (χ4v) is 5.32. The summed E-state index contributed by atoms with van der Waals surface area (Å²) < 4.78 is 10.5. The molecule has 0 heterocycles. The number of esters is 1. The molecule has 0 aromatic heterocycles. The van der Waals surface area contributed by atoms with E-state index >= 15 is 0 Å². The molecule has 4 aromatic rings. The molecule has 5 nitrogen and oxygen atoms in total. The van der Waals surface area contributed by atoms with Crippen LogP contribution in [0.15, 0.2) is 110 Å². The molecule has 0 amide bonds. The molecule has 0 saturated carbocycles. The first kappa shape index (κ1) is 30.4. The van der Waals surface area contributed by atoms with Gasteiger partial charge in [0, 0.05) is 40.9 Å². The summed E-state index contributed by atoms with van der Waals surface area (Å²) in [4.78, 5) is 16.0. The number of carbonyl (C=O) groups is 1. The van der Waals surface area contributed by atoms with Gasteiger partial charge in [-0.1, -0.05) is 43.0 Å². The van der Waals surface area contributed by atoms with Crippen LogP contribution in [-0.2, 0) is 16.0 Å². The van der Waals surface area contributed by atoms with Crippen LogP contribution in [0.2, 0.25) is 0 Å². The average molecular weight is 563 g/mol. The van der Waals surface area contributed by atoms with Gasteiger partial charge in [-0.25, -0.2) is 4.79 Å². The van der Waals surface area contributed by atoms with Gasteiger partial charge in [-0.3, -0.25) is 0 Å². The molecule has 0 N–H and O–H groups in total. The number of aryl methyl sites for hydroxylation is 1. The quantitative estimate of drug-likeness (QED) is 0.0923. The zero-order valence-corrected chi connectivity index (χ0v) is 25.4. The van der Waals surface area contributed by atoms with E-state index in [9.17, 15) is 4.79 Å². The minimum absolute atomic E-state index is 0.382. The van der Waals surface area contributed by atoms with Crippen LogP contribution >= 0.6 is 0 Å². The molecular weight excluding hydrogens is 520 g/mol. The summed E-state index contributed by atoms with van der Waals surface area (Å²) >= 11 is 0. The molecule has 0 unspecified atom stereocenters. The molecule has 0 radical (unpaired) electrons. The van der Waals surface area contributed by atoms with Crippen molar-refractivity contribution in [3.05, 3.63) is 115 Å². The number of hydrogen-bond acceptors (Lipinski definition) is 5. The van der Waals surface area contributed by atoms with E-state index in [1.165, 1.54) is 28.5 Å². The number of methoxy groups -OCH3 is 1. The Morgan fingerprint density at radius 2 is 1.17 bits per heavy atom. The van der Waals surface area contributed by atoms with Gasteiger partial charge in [0.2, 0.25) is 0 Å². The summed E-state index contributed by atoms with van der Waals surface area (Å²) in [5.74, 6) is 0.436. The van der Waals surface area contributed by atoms with Crippen molar-refractivity contribution in [1.29, 1.82) is 0 Å². The third-order valence-corrected chi connectivity index (χ3v) is 7.28. The maximum absolute atomic E-state index is 11.3. The first-order valence-electron chi connectivity index (χ1n) is 14.6. The molecule has 0 spiro atoms. The third-order valence-electron chi connectivity index (χ3n) is 7.28. The molecule has 42 heavy (non-hydrogen) atoms. The molecule has 0 aliphatic rings. The highest BCUT2D eigenvalue weighted by Crippen LogP contribution is 2.37. The molecule has 218 valence electrons. The SMILES string of the molecule is C=CC(=O)OCCCc1ccc(N(c2ccc(OC)cc2)c2ccc(-c3ccc(N(C(C)C)C(C)C)cc3)cc2)cc1. The standard InChI is InChI=1S/C37H42N2O3/c1-7-37(40)42-26-8-9-29-10-16-33(17-11-29)39(35-22-24-36(41-6)25-23-35)34-20-14-31(15-21-34)30-12-18-32(19-13-30)38(27(2)3)28(4)5/h7,10-25,27-28H,1,8-9,26H2,2-6H3. The number of carbonyl (C=O) groups excluding carboxylic acids is 1. The fourth-order valence-electron chi connectivity index (χ4n) is 5.32. The van der Waals surface area contributed by atoms with Crippen molar-refractivity contribution in [3.63, 3.8) is 0 Å². The largest absolute Gasteiger partial charge is 0.497 e. The fraction of sp³-hybridized carbons (Fsp3) is 0.270. The van der Waals surface area contributed by atoms with Crippen LogP contribution in [0, 0.1) is 0 Å². The summed E-state index contributed by atoms with van der Waals surface area (Å²) in [6.07, 6.45) is 2.78. The van der Waals surface area contributed by atoms with Crippen molar-refractivity contribution in [2.45, 2.75) is 52.6 Å². The average Bonchev–Trinajstić information content (AvgIpc) is 3.01. The smallest absolute Gasteiger partial charge is 0.330 e. The van der Waals surface area contributed by atoms with Gasteiger partial charge in [0.05, 0.1) is 13.7 Å². The Labute approximate surface area is 251 Å². The maximum atomic E-state index is 11.3. The summed E-state index contributed by atoms with van der Waals surface area (Å²) in [6.45, 7) is 12.8. The lowest BCUT2D eigenvalue weighted by Crippen LogP contribution is -2.36. The van der Waals surface area contributed by atoms with Crippen molar-refractivity contribution in [2.24, 2.45) is 0 Å². The molecule has 0 bridgehead atoms. The maximum Gasteiger partial charge on any atom is 0.330 e. The number of rotatable bonds is 13. The molecule has 0 aliphatic heterocycles. The Morgan fingerprint density at radius 1 is 0.714 bits per heavy atom. The monoisotopic (exact) mass is 562 g/mol. The second kappa shape index (κ2) is 14.4. The summed E-state index contributed by atoms with van der Waals surface area (Å²) in [5.41, 5.74) is 7.96. The zero-order valence-electron chi connectivity index (χ0n) is 25.4. The number of ether oxygens (including phenoxy) is 2. The molecule has 0 aliphatic carbocycles. The topological polar surface area (TPSA) is 42.0 Å². The lowest BCUT2D eigenvalue weighted by atomic mass is 10.0. The number of anilines is 4. The van der Waals surface area contributed by atoms with Gasteiger partial charge >= 0.3 is 5.97 Å². The molecule has 5 heteroatoms. The normalized spacial score (nSPS) is 10.9. The Balaban J connectivity index is 1.57. The van der Waals surface area contributed by atoms with E-state index in [-0.39, 0.29) is 5.97 Å². The van der Waals surface area contributed by atoms with Crippen LogP contribution in [0.1, 0.15) is 39.7 Å². The van der Waals surface area contributed by atoms with Gasteiger partial charge in [0.1, 0.15) is 5.75 Å². The molecule has 0 saturated heterocycles. The van der Waals surface area contributed by atoms with E-state index in [1.54, 1.807) is 7.11 Å². The Kier molecular flexibility index (Phi) is 10.4. The molecule has 0 fully saturated rings. The lowest BCUT2D eigenvalue weighted by molar-refractivity contribution is -0.137. The van der Waals surface area contributed by atoms with Gasteiger partial charge < -0.3 is 19.3 Å². The second-order valence-electron chi connectivity index (χ2n) is 10.9.